The van der Waals surface area contributed by atoms with Crippen LogP contribution in [0.5, 0.6) is 0 Å². The molecule has 0 spiro atoms. The molecule has 0 aliphatic heterocycles. The summed E-state index contributed by atoms with van der Waals surface area (Å²) >= 11 is 3.49. The third-order valence-electron chi connectivity index (χ3n) is 4.76. The molecule has 0 aromatic heterocycles. The van der Waals surface area contributed by atoms with Crippen LogP contribution in [0.3, 0.4) is 0 Å². The number of hydrogen-bond acceptors (Lipinski definition) is 4. The molecule has 1 unspecified atom stereocenters. The molecule has 0 aliphatic carbocycles. The third kappa shape index (κ3) is 7.94. The Kier molecular flexibility index (Phi) is 8.73. The fourth-order valence-electron chi connectivity index (χ4n) is 3.04. The fourth-order valence-corrected chi connectivity index (χ4v) is 3.39. The lowest BCUT2D eigenvalue weighted by Gasteiger charge is -2.33. The van der Waals surface area contributed by atoms with Crippen LogP contribution in [0.15, 0.2) is 24.3 Å². The molecule has 0 fully saturated rings. The largest absolute Gasteiger partial charge is 0.465 e. The van der Waals surface area contributed by atoms with E-state index in [9.17, 15) is 9.59 Å². The van der Waals surface area contributed by atoms with Crippen molar-refractivity contribution in [3.8, 4) is 0 Å². The van der Waals surface area contributed by atoms with Crippen molar-refractivity contribution in [2.45, 2.75) is 84.1 Å². The van der Waals surface area contributed by atoms with Gasteiger partial charge in [-0.15, -0.1) is 0 Å². The maximum absolute atomic E-state index is 13.1. The van der Waals surface area contributed by atoms with E-state index < -0.39 is 11.0 Å². The molecule has 0 heterocycles. The highest BCUT2D eigenvalue weighted by atomic mass is 79.9. The van der Waals surface area contributed by atoms with Crippen molar-refractivity contribution in [1.29, 1.82) is 0 Å². The molecule has 1 aromatic rings. The van der Waals surface area contributed by atoms with E-state index in [4.69, 9.17) is 9.47 Å². The molecule has 0 radical (unpaired) electrons. The number of ether oxygens (including phenoxy) is 2. The number of rotatable bonds is 9. The summed E-state index contributed by atoms with van der Waals surface area (Å²) in [5.41, 5.74) is 0.681. The Morgan fingerprint density at radius 1 is 1.04 bits per heavy atom. The highest BCUT2D eigenvalue weighted by molar-refractivity contribution is 9.08. The van der Waals surface area contributed by atoms with Gasteiger partial charge in [-0.25, -0.2) is 0 Å². The first kappa shape index (κ1) is 24.7. The molecule has 0 amide bonds. The molecule has 5 heteroatoms. The molecule has 1 aromatic carbocycles. The van der Waals surface area contributed by atoms with Crippen molar-refractivity contribution in [2.75, 3.05) is 6.61 Å². The molecule has 158 valence electrons. The lowest BCUT2D eigenvalue weighted by atomic mass is 9.75. The van der Waals surface area contributed by atoms with Gasteiger partial charge in [-0.2, -0.15) is 0 Å². The predicted octanol–water partition coefficient (Wildman–Crippen LogP) is 5.94. The Morgan fingerprint density at radius 2 is 1.68 bits per heavy atom. The van der Waals surface area contributed by atoms with Gasteiger partial charge in [-0.1, -0.05) is 60.5 Å². The van der Waals surface area contributed by atoms with Crippen LogP contribution in [0.25, 0.3) is 0 Å². The van der Waals surface area contributed by atoms with Gasteiger partial charge in [0.2, 0.25) is 0 Å². The smallest absolute Gasteiger partial charge is 0.316 e. The van der Waals surface area contributed by atoms with Crippen LogP contribution in [-0.2, 0) is 29.8 Å². The second kappa shape index (κ2) is 9.91. The van der Waals surface area contributed by atoms with Crippen molar-refractivity contribution >= 4 is 27.9 Å². The van der Waals surface area contributed by atoms with Gasteiger partial charge in [0.15, 0.2) is 0 Å². The lowest BCUT2D eigenvalue weighted by Crippen LogP contribution is -2.39. The van der Waals surface area contributed by atoms with E-state index in [-0.39, 0.29) is 17.4 Å². The molecule has 0 N–H and O–H groups in total. The minimum absolute atomic E-state index is 0.141. The van der Waals surface area contributed by atoms with Gasteiger partial charge in [-0.3, -0.25) is 9.59 Å². The minimum atomic E-state index is -0.733. The summed E-state index contributed by atoms with van der Waals surface area (Å²) in [7, 11) is 0. The van der Waals surface area contributed by atoms with Crippen molar-refractivity contribution < 1.29 is 19.1 Å². The summed E-state index contributed by atoms with van der Waals surface area (Å²) in [4.78, 5) is 24.3. The van der Waals surface area contributed by atoms with E-state index in [1.165, 1.54) is 6.92 Å². The van der Waals surface area contributed by atoms with Crippen LogP contribution in [-0.4, -0.2) is 24.1 Å². The molecule has 1 rings (SSSR count). The highest BCUT2D eigenvalue weighted by Crippen LogP contribution is 2.35. The van der Waals surface area contributed by atoms with Gasteiger partial charge in [0.25, 0.3) is 0 Å². The van der Waals surface area contributed by atoms with Gasteiger partial charge in [0.1, 0.15) is 5.60 Å². The Morgan fingerprint density at radius 3 is 2.21 bits per heavy atom. The normalized spacial score (nSPS) is 14.3. The number of alkyl halides is 1. The quantitative estimate of drug-likeness (QED) is 0.342. The summed E-state index contributed by atoms with van der Waals surface area (Å²) in [6.07, 6.45) is 2.33. The molecule has 4 nitrogen and oxygen atoms in total. The number of halogens is 1. The Hall–Kier alpha value is -1.36. The van der Waals surface area contributed by atoms with E-state index in [0.29, 0.717) is 13.0 Å². The van der Waals surface area contributed by atoms with Crippen LogP contribution >= 0.6 is 15.9 Å². The molecular formula is C23H35BrO4. The lowest BCUT2D eigenvalue weighted by molar-refractivity contribution is -0.162. The van der Waals surface area contributed by atoms with Crippen molar-refractivity contribution in [2.24, 2.45) is 5.41 Å². The third-order valence-corrected chi connectivity index (χ3v) is 5.41. The van der Waals surface area contributed by atoms with Crippen molar-refractivity contribution in [1.82, 2.24) is 0 Å². The Labute approximate surface area is 178 Å². The van der Waals surface area contributed by atoms with E-state index in [0.717, 1.165) is 29.3 Å². The number of esters is 2. The first-order chi connectivity index (χ1) is 12.8. The van der Waals surface area contributed by atoms with Crippen LogP contribution in [0.4, 0.5) is 0 Å². The van der Waals surface area contributed by atoms with E-state index in [2.05, 4.69) is 35.8 Å². The number of carbonyl (C=O) groups is 2. The van der Waals surface area contributed by atoms with Crippen LogP contribution in [0, 0.1) is 5.41 Å². The second-order valence-electron chi connectivity index (χ2n) is 9.47. The summed E-state index contributed by atoms with van der Waals surface area (Å²) < 4.78 is 11.0. The molecule has 28 heavy (non-hydrogen) atoms. The fraction of sp³-hybridized carbons (Fsp3) is 0.652. The second-order valence-corrected chi connectivity index (χ2v) is 10.0. The summed E-state index contributed by atoms with van der Waals surface area (Å²) in [6, 6.07) is 8.10. The topological polar surface area (TPSA) is 52.6 Å². The van der Waals surface area contributed by atoms with Crippen LogP contribution in [0.2, 0.25) is 0 Å². The van der Waals surface area contributed by atoms with Crippen LogP contribution < -0.4 is 0 Å². The zero-order chi connectivity index (χ0) is 21.6. The standard InChI is InChI=1S/C23H35BrO4/c1-17(25)27-16-22(5,6)12-9-13-23(7,20(26)28-21(2,3)4)19-11-8-10-18(14-19)15-24/h8,10-11,14H,9,12-13,15-16H2,1-7H3. The number of benzene rings is 1. The number of carbonyl (C=O) groups excluding carboxylic acids is 2. The minimum Gasteiger partial charge on any atom is -0.465 e. The van der Waals surface area contributed by atoms with Gasteiger partial charge >= 0.3 is 11.9 Å². The average Bonchev–Trinajstić information content (AvgIpc) is 2.58. The Bertz CT molecular complexity index is 675. The molecule has 0 saturated carbocycles. The maximum atomic E-state index is 13.1. The number of hydrogen-bond donors (Lipinski definition) is 0. The van der Waals surface area contributed by atoms with E-state index in [1.807, 2.05) is 45.9 Å². The van der Waals surface area contributed by atoms with Gasteiger partial charge in [0.05, 0.1) is 12.0 Å². The molecule has 0 bridgehead atoms. The zero-order valence-corrected chi connectivity index (χ0v) is 19.9. The van der Waals surface area contributed by atoms with E-state index in [1.54, 1.807) is 0 Å². The first-order valence-electron chi connectivity index (χ1n) is 9.81. The van der Waals surface area contributed by atoms with Gasteiger partial charge < -0.3 is 9.47 Å². The van der Waals surface area contributed by atoms with Gasteiger partial charge in [-0.05, 0) is 57.1 Å². The predicted molar refractivity (Wildman–Crippen MR) is 117 cm³/mol. The monoisotopic (exact) mass is 454 g/mol. The molecule has 1 atom stereocenters. The summed E-state index contributed by atoms with van der Waals surface area (Å²) in [6.45, 7) is 13.6. The van der Waals surface area contributed by atoms with Crippen molar-refractivity contribution in [3.63, 3.8) is 0 Å². The molecule has 0 saturated heterocycles. The highest BCUT2D eigenvalue weighted by Gasteiger charge is 2.39. The van der Waals surface area contributed by atoms with Gasteiger partial charge in [0, 0.05) is 12.3 Å². The summed E-state index contributed by atoms with van der Waals surface area (Å²) in [5, 5.41) is 0.737. The molecule has 0 aliphatic rings. The SMILES string of the molecule is CC(=O)OCC(C)(C)CCCC(C)(C(=O)OC(C)(C)C)c1cccc(CBr)c1. The van der Waals surface area contributed by atoms with Crippen LogP contribution in [0.1, 0.15) is 78.9 Å². The van der Waals surface area contributed by atoms with Crippen molar-refractivity contribution in [3.05, 3.63) is 35.4 Å². The Balaban J connectivity index is 3.01. The maximum Gasteiger partial charge on any atom is 0.316 e. The summed E-state index contributed by atoms with van der Waals surface area (Å²) in [5.74, 6) is -0.470. The first-order valence-corrected chi connectivity index (χ1v) is 10.9. The van der Waals surface area contributed by atoms with E-state index >= 15 is 0 Å². The average molecular weight is 455 g/mol. The zero-order valence-electron chi connectivity index (χ0n) is 18.4. The molecular weight excluding hydrogens is 420 g/mol.